The largest absolute Gasteiger partial charge is 0.395 e. The van der Waals surface area contributed by atoms with Gasteiger partial charge in [0, 0.05) is 39.8 Å². The van der Waals surface area contributed by atoms with Crippen molar-refractivity contribution < 1.29 is 9.90 Å². The molecule has 0 aliphatic heterocycles. The molecule has 0 fully saturated rings. The molecule has 0 aliphatic rings. The van der Waals surface area contributed by atoms with E-state index in [4.69, 9.17) is 5.11 Å². The second kappa shape index (κ2) is 6.78. The number of likely N-dealkylation sites (N-methyl/N-ethyl adjacent to an activating group) is 1. The fourth-order valence-electron chi connectivity index (χ4n) is 2.91. The minimum Gasteiger partial charge on any atom is -0.395 e. The zero-order chi connectivity index (χ0) is 18.1. The Bertz CT molecular complexity index is 1050. The number of carbonyl (C=O) groups is 1. The van der Waals surface area contributed by atoms with E-state index in [1.807, 2.05) is 24.3 Å². The molecule has 2 aromatic heterocycles. The molecule has 7 heteroatoms. The van der Waals surface area contributed by atoms with Crippen molar-refractivity contribution in [2.45, 2.75) is 0 Å². The molecule has 4 rings (SSSR count). The number of nitrogens with zero attached hydrogens (tertiary/aromatic N) is 2. The molecule has 0 radical (unpaired) electrons. The molecule has 0 bridgehead atoms. The Morgan fingerprint density at radius 3 is 2.92 bits per heavy atom. The number of benzene rings is 2. The number of amides is 2. The number of nitrogens with one attached hydrogen (secondary N) is 2. The number of hydrogen-bond donors (Lipinski definition) is 3. The van der Waals surface area contributed by atoms with Gasteiger partial charge in [-0.25, -0.2) is 4.79 Å². The van der Waals surface area contributed by atoms with Gasteiger partial charge in [-0.15, -0.1) is 11.3 Å². The van der Waals surface area contributed by atoms with Gasteiger partial charge >= 0.3 is 6.03 Å². The van der Waals surface area contributed by atoms with Crippen molar-refractivity contribution in [3.63, 3.8) is 0 Å². The standard InChI is InChI=1S/C19H18N4O2S/c1-23(6-7-24)19(25)21-14-8-13-11-20-22-18(13)15(10-14)17-9-12-4-2-3-5-16(12)26-17/h2-5,8-11,24H,6-7H2,1H3,(H,20,22)(H,21,25). The average Bonchev–Trinajstić information content (AvgIpc) is 3.27. The molecular formula is C19H18N4O2S. The zero-order valence-corrected chi connectivity index (χ0v) is 15.0. The van der Waals surface area contributed by atoms with E-state index >= 15 is 0 Å². The third kappa shape index (κ3) is 3.02. The molecule has 0 unspecified atom stereocenters. The van der Waals surface area contributed by atoms with Crippen molar-refractivity contribution in [2.75, 3.05) is 25.5 Å². The van der Waals surface area contributed by atoms with Gasteiger partial charge in [0.1, 0.15) is 0 Å². The van der Waals surface area contributed by atoms with Gasteiger partial charge in [0.25, 0.3) is 0 Å². The molecule has 0 saturated heterocycles. The summed E-state index contributed by atoms with van der Waals surface area (Å²) in [7, 11) is 1.65. The van der Waals surface area contributed by atoms with Crippen molar-refractivity contribution in [1.29, 1.82) is 0 Å². The Balaban J connectivity index is 1.76. The molecule has 2 amide bonds. The van der Waals surface area contributed by atoms with E-state index in [0.29, 0.717) is 5.69 Å². The SMILES string of the molecule is CN(CCO)C(=O)Nc1cc(-c2cc3ccccc3s2)c2[nH]ncc2c1. The number of anilines is 1. The van der Waals surface area contributed by atoms with Crippen LogP contribution in [0.2, 0.25) is 0 Å². The first-order valence-corrected chi connectivity index (χ1v) is 9.06. The van der Waals surface area contributed by atoms with E-state index in [1.165, 1.54) is 15.0 Å². The molecule has 2 aromatic carbocycles. The molecular weight excluding hydrogens is 348 g/mol. The van der Waals surface area contributed by atoms with Gasteiger partial charge in [-0.05, 0) is 29.7 Å². The summed E-state index contributed by atoms with van der Waals surface area (Å²) in [4.78, 5) is 14.8. The van der Waals surface area contributed by atoms with Crippen LogP contribution in [0.4, 0.5) is 10.5 Å². The summed E-state index contributed by atoms with van der Waals surface area (Å²) < 4.78 is 1.22. The number of thiophene rings is 1. The summed E-state index contributed by atoms with van der Waals surface area (Å²) in [6, 6.07) is 14.0. The lowest BCUT2D eigenvalue weighted by atomic mass is 10.1. The topological polar surface area (TPSA) is 81.2 Å². The maximum Gasteiger partial charge on any atom is 0.321 e. The smallest absolute Gasteiger partial charge is 0.321 e. The van der Waals surface area contributed by atoms with Crippen molar-refractivity contribution in [1.82, 2.24) is 15.1 Å². The Labute approximate surface area is 154 Å². The van der Waals surface area contributed by atoms with E-state index in [-0.39, 0.29) is 19.2 Å². The lowest BCUT2D eigenvalue weighted by Crippen LogP contribution is -2.33. The van der Waals surface area contributed by atoms with Crippen LogP contribution in [0.15, 0.2) is 48.7 Å². The Kier molecular flexibility index (Phi) is 4.32. The molecule has 0 saturated carbocycles. The van der Waals surface area contributed by atoms with E-state index in [0.717, 1.165) is 21.3 Å². The van der Waals surface area contributed by atoms with Gasteiger partial charge in [-0.1, -0.05) is 18.2 Å². The highest BCUT2D eigenvalue weighted by Crippen LogP contribution is 2.38. The summed E-state index contributed by atoms with van der Waals surface area (Å²) in [5, 5.41) is 21.2. The Morgan fingerprint density at radius 2 is 2.12 bits per heavy atom. The molecule has 0 aliphatic carbocycles. The number of aromatic nitrogens is 2. The van der Waals surface area contributed by atoms with Crippen LogP contribution in [0.25, 0.3) is 31.4 Å². The number of urea groups is 1. The molecule has 6 nitrogen and oxygen atoms in total. The summed E-state index contributed by atoms with van der Waals surface area (Å²) in [6.07, 6.45) is 1.75. The highest BCUT2D eigenvalue weighted by atomic mass is 32.1. The average molecular weight is 366 g/mol. The molecule has 132 valence electrons. The predicted octanol–water partition coefficient (Wildman–Crippen LogP) is 3.90. The van der Waals surface area contributed by atoms with Crippen LogP contribution in [-0.2, 0) is 0 Å². The minimum atomic E-state index is -0.260. The molecule has 26 heavy (non-hydrogen) atoms. The lowest BCUT2D eigenvalue weighted by molar-refractivity contribution is 0.202. The fraction of sp³-hybridized carbons (Fsp3) is 0.158. The van der Waals surface area contributed by atoms with Crippen LogP contribution in [0.5, 0.6) is 0 Å². The van der Waals surface area contributed by atoms with Gasteiger partial charge in [0.05, 0.1) is 18.3 Å². The highest BCUT2D eigenvalue weighted by Gasteiger charge is 2.14. The second-order valence-electron chi connectivity index (χ2n) is 6.08. The maximum absolute atomic E-state index is 12.2. The third-order valence-electron chi connectivity index (χ3n) is 4.27. The summed E-state index contributed by atoms with van der Waals surface area (Å²) in [5.41, 5.74) is 2.64. The van der Waals surface area contributed by atoms with E-state index in [9.17, 15) is 4.79 Å². The predicted molar refractivity (Wildman–Crippen MR) is 106 cm³/mol. The summed E-state index contributed by atoms with van der Waals surface area (Å²) in [5.74, 6) is 0. The van der Waals surface area contributed by atoms with Crippen molar-refractivity contribution in [3.05, 3.63) is 48.7 Å². The molecule has 0 atom stereocenters. The summed E-state index contributed by atoms with van der Waals surface area (Å²) >= 11 is 1.71. The summed E-state index contributed by atoms with van der Waals surface area (Å²) in [6.45, 7) is 0.209. The van der Waals surface area contributed by atoms with Gasteiger partial charge in [0.15, 0.2) is 0 Å². The second-order valence-corrected chi connectivity index (χ2v) is 7.17. The highest BCUT2D eigenvalue weighted by molar-refractivity contribution is 7.22. The molecule has 3 N–H and O–H groups in total. The van der Waals surface area contributed by atoms with Crippen LogP contribution in [0.1, 0.15) is 0 Å². The number of rotatable bonds is 4. The number of aliphatic hydroxyl groups is 1. The number of hydrogen-bond acceptors (Lipinski definition) is 4. The normalized spacial score (nSPS) is 11.2. The van der Waals surface area contributed by atoms with Gasteiger partial charge in [-0.3, -0.25) is 5.10 Å². The van der Waals surface area contributed by atoms with Crippen molar-refractivity contribution in [2.24, 2.45) is 0 Å². The number of H-pyrrole nitrogens is 1. The van der Waals surface area contributed by atoms with Crippen LogP contribution >= 0.6 is 11.3 Å². The van der Waals surface area contributed by atoms with E-state index in [2.05, 4.69) is 33.7 Å². The van der Waals surface area contributed by atoms with Crippen LogP contribution < -0.4 is 5.32 Å². The third-order valence-corrected chi connectivity index (χ3v) is 5.42. The van der Waals surface area contributed by atoms with Gasteiger partial charge < -0.3 is 15.3 Å². The minimum absolute atomic E-state index is 0.0717. The zero-order valence-electron chi connectivity index (χ0n) is 14.2. The van der Waals surface area contributed by atoms with E-state index in [1.54, 1.807) is 24.6 Å². The maximum atomic E-state index is 12.2. The molecule has 4 aromatic rings. The number of aromatic amines is 1. The molecule has 0 spiro atoms. The first kappa shape index (κ1) is 16.6. The monoisotopic (exact) mass is 366 g/mol. The number of carbonyl (C=O) groups excluding carboxylic acids is 1. The Morgan fingerprint density at radius 1 is 1.27 bits per heavy atom. The Hall–Kier alpha value is -2.90. The first-order valence-electron chi connectivity index (χ1n) is 8.25. The number of fused-ring (bicyclic) bond motifs is 2. The van der Waals surface area contributed by atoms with Crippen molar-refractivity contribution in [3.8, 4) is 10.4 Å². The van der Waals surface area contributed by atoms with Gasteiger partial charge in [0.2, 0.25) is 0 Å². The fourth-order valence-corrected chi connectivity index (χ4v) is 3.99. The van der Waals surface area contributed by atoms with Crippen molar-refractivity contribution >= 4 is 44.0 Å². The van der Waals surface area contributed by atoms with Crippen LogP contribution in [-0.4, -0.2) is 46.4 Å². The first-order chi connectivity index (χ1) is 12.7. The lowest BCUT2D eigenvalue weighted by Gasteiger charge is -2.17. The van der Waals surface area contributed by atoms with Crippen LogP contribution in [0, 0.1) is 0 Å². The quantitative estimate of drug-likeness (QED) is 0.512. The molecule has 2 heterocycles. The van der Waals surface area contributed by atoms with Gasteiger partial charge in [-0.2, -0.15) is 5.10 Å². The number of aliphatic hydroxyl groups excluding tert-OH is 1. The van der Waals surface area contributed by atoms with E-state index < -0.39 is 0 Å². The van der Waals surface area contributed by atoms with Crippen LogP contribution in [0.3, 0.4) is 0 Å².